The van der Waals surface area contributed by atoms with Crippen LogP contribution >= 0.6 is 0 Å². The van der Waals surface area contributed by atoms with E-state index in [9.17, 15) is 14.4 Å². The van der Waals surface area contributed by atoms with Crippen LogP contribution in [0.15, 0.2) is 23.0 Å². The number of fused-ring (bicyclic) bond motifs is 1. The molecule has 1 unspecified atom stereocenters. The number of piperidine rings is 2. The number of nitrogens with one attached hydrogen (secondary N) is 2. The van der Waals surface area contributed by atoms with E-state index in [-0.39, 0.29) is 18.0 Å². The predicted octanol–water partition coefficient (Wildman–Crippen LogP) is 0.502. The highest BCUT2D eigenvalue weighted by Crippen LogP contribution is 2.24. The molecule has 4 rings (SSSR count). The maximum atomic E-state index is 12.8. The monoisotopic (exact) mass is 385 g/mol. The number of imidazole rings is 1. The molecule has 8 nitrogen and oxygen atoms in total. The molecule has 0 saturated carbocycles. The highest BCUT2D eigenvalue weighted by atomic mass is 16.2. The smallest absolute Gasteiger partial charge is 0.317 e. The van der Waals surface area contributed by atoms with Gasteiger partial charge in [-0.3, -0.25) is 28.9 Å². The van der Waals surface area contributed by atoms with Gasteiger partial charge < -0.3 is 5.32 Å². The second kappa shape index (κ2) is 7.52. The number of hydrogen-bond acceptors (Lipinski definition) is 5. The lowest BCUT2D eigenvalue weighted by Crippen LogP contribution is -2.44. The summed E-state index contributed by atoms with van der Waals surface area (Å²) in [5.41, 5.74) is 2.49. The number of amides is 2. The number of nitrogens with zero attached hydrogens (tertiary/aromatic N) is 3. The Bertz CT molecular complexity index is 968. The molecule has 1 aromatic carbocycles. The summed E-state index contributed by atoms with van der Waals surface area (Å²) in [6, 6.07) is 5.97. The zero-order chi connectivity index (χ0) is 19.8. The van der Waals surface area contributed by atoms with Crippen molar-refractivity contribution in [2.24, 2.45) is 7.05 Å². The average molecular weight is 385 g/mol. The minimum Gasteiger partial charge on any atom is -0.317 e. The van der Waals surface area contributed by atoms with Crippen LogP contribution < -0.4 is 16.3 Å². The van der Waals surface area contributed by atoms with Crippen molar-refractivity contribution in [3.63, 3.8) is 0 Å². The third-order valence-corrected chi connectivity index (χ3v) is 6.08. The largest absolute Gasteiger partial charge is 0.329 e. The Kier molecular flexibility index (Phi) is 5.07. The Hall–Kier alpha value is -2.45. The van der Waals surface area contributed by atoms with E-state index in [1.807, 2.05) is 25.2 Å². The minimum absolute atomic E-state index is 0.225. The SMILES string of the molecule is CNC1CCN(Cc2ccc3c(c2)n(C)c(=O)n3C2CCC(=O)NC2=O)CC1. The third-order valence-electron chi connectivity index (χ3n) is 6.08. The molecule has 2 saturated heterocycles. The van der Waals surface area contributed by atoms with Crippen molar-refractivity contribution in [3.05, 3.63) is 34.2 Å². The van der Waals surface area contributed by atoms with Gasteiger partial charge in [-0.15, -0.1) is 0 Å². The van der Waals surface area contributed by atoms with Crippen molar-refractivity contribution in [2.75, 3.05) is 20.1 Å². The molecule has 0 aliphatic carbocycles. The van der Waals surface area contributed by atoms with Crippen LogP contribution in [-0.4, -0.2) is 52.0 Å². The van der Waals surface area contributed by atoms with Gasteiger partial charge in [-0.05, 0) is 57.1 Å². The molecule has 0 radical (unpaired) electrons. The van der Waals surface area contributed by atoms with Gasteiger partial charge in [0.05, 0.1) is 11.0 Å². The fourth-order valence-corrected chi connectivity index (χ4v) is 4.38. The Morgan fingerprint density at radius 3 is 2.54 bits per heavy atom. The molecule has 28 heavy (non-hydrogen) atoms. The van der Waals surface area contributed by atoms with Crippen LogP contribution in [0.4, 0.5) is 0 Å². The zero-order valence-electron chi connectivity index (χ0n) is 16.4. The first-order chi connectivity index (χ1) is 13.5. The molecule has 1 atom stereocenters. The van der Waals surface area contributed by atoms with Gasteiger partial charge in [0.1, 0.15) is 6.04 Å². The molecule has 2 fully saturated rings. The van der Waals surface area contributed by atoms with E-state index < -0.39 is 11.9 Å². The first kappa shape index (κ1) is 18.9. The molecule has 8 heteroatoms. The molecular formula is C20H27N5O3. The number of benzene rings is 1. The third kappa shape index (κ3) is 3.38. The van der Waals surface area contributed by atoms with Crippen LogP contribution in [-0.2, 0) is 23.2 Å². The van der Waals surface area contributed by atoms with Gasteiger partial charge in [0, 0.05) is 26.1 Å². The molecule has 2 aliphatic rings. The summed E-state index contributed by atoms with van der Waals surface area (Å²) in [5, 5.41) is 5.69. The molecule has 2 aromatic rings. The summed E-state index contributed by atoms with van der Waals surface area (Å²) in [6.45, 7) is 2.96. The van der Waals surface area contributed by atoms with E-state index in [0.717, 1.165) is 49.1 Å². The van der Waals surface area contributed by atoms with Crippen molar-refractivity contribution in [3.8, 4) is 0 Å². The first-order valence-corrected chi connectivity index (χ1v) is 9.91. The number of aromatic nitrogens is 2. The van der Waals surface area contributed by atoms with Gasteiger partial charge >= 0.3 is 5.69 Å². The maximum absolute atomic E-state index is 12.8. The summed E-state index contributed by atoms with van der Waals surface area (Å²) < 4.78 is 3.12. The average Bonchev–Trinajstić information content (AvgIpc) is 2.93. The molecule has 3 heterocycles. The summed E-state index contributed by atoms with van der Waals surface area (Å²) in [7, 11) is 3.75. The Balaban J connectivity index is 1.61. The van der Waals surface area contributed by atoms with Crippen LogP contribution in [0.5, 0.6) is 0 Å². The Morgan fingerprint density at radius 1 is 1.11 bits per heavy atom. The molecular weight excluding hydrogens is 358 g/mol. The number of hydrogen-bond donors (Lipinski definition) is 2. The van der Waals surface area contributed by atoms with Crippen molar-refractivity contribution < 1.29 is 9.59 Å². The molecule has 0 spiro atoms. The van der Waals surface area contributed by atoms with E-state index in [0.29, 0.717) is 12.5 Å². The summed E-state index contributed by atoms with van der Waals surface area (Å²) in [4.78, 5) is 39.0. The van der Waals surface area contributed by atoms with Gasteiger partial charge in [-0.1, -0.05) is 6.07 Å². The number of likely N-dealkylation sites (tertiary alicyclic amines) is 1. The van der Waals surface area contributed by atoms with E-state index in [1.54, 1.807) is 11.6 Å². The number of imide groups is 1. The second-order valence-electron chi connectivity index (χ2n) is 7.84. The lowest BCUT2D eigenvalue weighted by molar-refractivity contribution is -0.135. The van der Waals surface area contributed by atoms with Crippen LogP contribution in [0.25, 0.3) is 11.0 Å². The van der Waals surface area contributed by atoms with Gasteiger partial charge in [0.25, 0.3) is 0 Å². The second-order valence-corrected chi connectivity index (χ2v) is 7.84. The highest BCUT2D eigenvalue weighted by molar-refractivity contribution is 6.00. The Labute approximate surface area is 163 Å². The van der Waals surface area contributed by atoms with Crippen LogP contribution in [0.1, 0.15) is 37.3 Å². The number of rotatable bonds is 4. The van der Waals surface area contributed by atoms with Crippen molar-refractivity contribution in [1.29, 1.82) is 0 Å². The molecule has 2 N–H and O–H groups in total. The fraction of sp³-hybridized carbons (Fsp3) is 0.550. The standard InChI is InChI=1S/C20H27N5O3/c1-21-14-7-9-24(10-8-14)12-13-3-4-15-17(11-13)23(2)20(28)25(15)16-5-6-18(26)22-19(16)27/h3-4,11,14,16,21H,5-10,12H2,1-2H3,(H,22,26,27). The Morgan fingerprint density at radius 2 is 1.86 bits per heavy atom. The van der Waals surface area contributed by atoms with Crippen LogP contribution in [0, 0.1) is 0 Å². The van der Waals surface area contributed by atoms with Gasteiger partial charge in [-0.25, -0.2) is 4.79 Å². The van der Waals surface area contributed by atoms with E-state index in [2.05, 4.69) is 15.5 Å². The van der Waals surface area contributed by atoms with Gasteiger partial charge in [0.2, 0.25) is 11.8 Å². The van der Waals surface area contributed by atoms with Crippen molar-refractivity contribution >= 4 is 22.8 Å². The zero-order valence-corrected chi connectivity index (χ0v) is 16.4. The number of aryl methyl sites for hydroxylation is 1. The minimum atomic E-state index is -0.639. The van der Waals surface area contributed by atoms with Gasteiger partial charge in [0.15, 0.2) is 0 Å². The van der Waals surface area contributed by atoms with E-state index >= 15 is 0 Å². The van der Waals surface area contributed by atoms with Gasteiger partial charge in [-0.2, -0.15) is 0 Å². The summed E-state index contributed by atoms with van der Waals surface area (Å²) >= 11 is 0. The normalized spacial score (nSPS) is 22.0. The fourth-order valence-electron chi connectivity index (χ4n) is 4.38. The molecule has 0 bridgehead atoms. The number of carbonyl (C=O) groups is 2. The molecule has 150 valence electrons. The lowest BCUT2D eigenvalue weighted by Gasteiger charge is -2.31. The maximum Gasteiger partial charge on any atom is 0.329 e. The van der Waals surface area contributed by atoms with E-state index in [4.69, 9.17) is 0 Å². The quantitative estimate of drug-likeness (QED) is 0.749. The van der Waals surface area contributed by atoms with Crippen LogP contribution in [0.2, 0.25) is 0 Å². The number of carbonyl (C=O) groups excluding carboxylic acids is 2. The van der Waals surface area contributed by atoms with Crippen molar-refractivity contribution in [1.82, 2.24) is 24.7 Å². The van der Waals surface area contributed by atoms with E-state index in [1.165, 1.54) is 4.57 Å². The summed E-state index contributed by atoms with van der Waals surface area (Å²) in [6.07, 6.45) is 2.89. The summed E-state index contributed by atoms with van der Waals surface area (Å²) in [5.74, 6) is -0.679. The highest BCUT2D eigenvalue weighted by Gasteiger charge is 2.31. The van der Waals surface area contributed by atoms with Crippen LogP contribution in [0.3, 0.4) is 0 Å². The lowest BCUT2D eigenvalue weighted by atomic mass is 10.0. The first-order valence-electron chi connectivity index (χ1n) is 9.91. The van der Waals surface area contributed by atoms with Crippen molar-refractivity contribution in [2.45, 2.75) is 44.3 Å². The molecule has 1 aromatic heterocycles. The predicted molar refractivity (Wildman–Crippen MR) is 106 cm³/mol. The molecule has 2 aliphatic heterocycles. The topological polar surface area (TPSA) is 88.4 Å². The molecule has 2 amide bonds.